The van der Waals surface area contributed by atoms with Crippen LogP contribution in [0.5, 0.6) is 0 Å². The van der Waals surface area contributed by atoms with E-state index in [9.17, 15) is 4.39 Å². The van der Waals surface area contributed by atoms with Crippen LogP contribution in [-0.2, 0) is 18.9 Å². The van der Waals surface area contributed by atoms with Gasteiger partial charge in [-0.2, -0.15) is 0 Å². The summed E-state index contributed by atoms with van der Waals surface area (Å²) in [6.45, 7) is 3.12. The van der Waals surface area contributed by atoms with E-state index in [-0.39, 0.29) is 12.4 Å². The van der Waals surface area contributed by atoms with Gasteiger partial charge in [0.1, 0.15) is 5.82 Å². The molecule has 0 aliphatic rings. The van der Waals surface area contributed by atoms with Crippen molar-refractivity contribution in [2.45, 2.75) is 6.10 Å². The van der Waals surface area contributed by atoms with E-state index in [0.717, 1.165) is 0 Å². The Labute approximate surface area is 125 Å². The summed E-state index contributed by atoms with van der Waals surface area (Å²) in [4.78, 5) is 0. The smallest absolute Gasteiger partial charge is 0.129 e. The van der Waals surface area contributed by atoms with Crippen molar-refractivity contribution in [1.82, 2.24) is 0 Å². The number of hydrogen-bond donors (Lipinski definition) is 1. The average Bonchev–Trinajstić information content (AvgIpc) is 2.50. The maximum absolute atomic E-state index is 13.6. The summed E-state index contributed by atoms with van der Waals surface area (Å²) in [7, 11) is 1.63. The van der Waals surface area contributed by atoms with Crippen LogP contribution in [0.2, 0.25) is 0 Å². The molecule has 1 rings (SSSR count). The molecule has 0 aromatic heterocycles. The lowest BCUT2D eigenvalue weighted by atomic mass is 10.1. The number of ether oxygens (including phenoxy) is 4. The van der Waals surface area contributed by atoms with Crippen molar-refractivity contribution in [2.24, 2.45) is 5.73 Å². The lowest BCUT2D eigenvalue weighted by molar-refractivity contribution is -0.0154. The Morgan fingerprint density at radius 2 is 1.62 bits per heavy atom. The van der Waals surface area contributed by atoms with Gasteiger partial charge in [-0.05, 0) is 6.07 Å². The van der Waals surface area contributed by atoms with Crippen LogP contribution in [-0.4, -0.2) is 53.3 Å². The first kappa shape index (κ1) is 18.0. The Hall–Kier alpha value is -1.05. The minimum absolute atomic E-state index is 0.223. The highest BCUT2D eigenvalue weighted by molar-refractivity contribution is 5.20. The monoisotopic (exact) mass is 301 g/mol. The molecule has 6 heteroatoms. The molecule has 0 aliphatic carbocycles. The van der Waals surface area contributed by atoms with Crippen molar-refractivity contribution in [1.29, 1.82) is 0 Å². The van der Waals surface area contributed by atoms with E-state index in [1.54, 1.807) is 25.3 Å². The minimum Gasteiger partial charge on any atom is -0.382 e. The van der Waals surface area contributed by atoms with Crippen LogP contribution in [0.25, 0.3) is 0 Å². The van der Waals surface area contributed by atoms with Gasteiger partial charge in [0.15, 0.2) is 0 Å². The second-order valence-electron chi connectivity index (χ2n) is 4.33. The summed E-state index contributed by atoms with van der Waals surface area (Å²) >= 11 is 0. The zero-order chi connectivity index (χ0) is 15.3. The summed E-state index contributed by atoms with van der Waals surface area (Å²) in [5.41, 5.74) is 6.09. The normalized spacial score (nSPS) is 12.5. The van der Waals surface area contributed by atoms with Gasteiger partial charge in [-0.3, -0.25) is 0 Å². The Bertz CT molecular complexity index is 378. The molecule has 5 nitrogen and oxygen atoms in total. The van der Waals surface area contributed by atoms with E-state index in [0.29, 0.717) is 45.2 Å². The first-order valence-corrected chi connectivity index (χ1v) is 7.00. The third-order valence-electron chi connectivity index (χ3n) is 2.82. The molecule has 1 aromatic rings. The molecular formula is C15H24FNO4. The topological polar surface area (TPSA) is 62.9 Å². The predicted molar refractivity (Wildman–Crippen MR) is 77.7 cm³/mol. The zero-order valence-electron chi connectivity index (χ0n) is 12.4. The maximum atomic E-state index is 13.6. The van der Waals surface area contributed by atoms with Gasteiger partial charge in [0.25, 0.3) is 0 Å². The van der Waals surface area contributed by atoms with E-state index in [1.165, 1.54) is 6.07 Å². The second-order valence-corrected chi connectivity index (χ2v) is 4.33. The highest BCUT2D eigenvalue weighted by atomic mass is 19.1. The fraction of sp³-hybridized carbons (Fsp3) is 0.600. The van der Waals surface area contributed by atoms with Gasteiger partial charge < -0.3 is 24.7 Å². The van der Waals surface area contributed by atoms with E-state index >= 15 is 0 Å². The van der Waals surface area contributed by atoms with Gasteiger partial charge in [0.05, 0.1) is 45.7 Å². The van der Waals surface area contributed by atoms with Crippen LogP contribution in [0, 0.1) is 5.82 Å². The molecule has 0 heterocycles. The lowest BCUT2D eigenvalue weighted by Crippen LogP contribution is -2.19. The van der Waals surface area contributed by atoms with Crippen LogP contribution >= 0.6 is 0 Å². The molecule has 1 unspecified atom stereocenters. The average molecular weight is 301 g/mol. The predicted octanol–water partition coefficient (Wildman–Crippen LogP) is 1.52. The van der Waals surface area contributed by atoms with Gasteiger partial charge in [0.2, 0.25) is 0 Å². The van der Waals surface area contributed by atoms with Crippen molar-refractivity contribution < 1.29 is 23.3 Å². The molecule has 0 fully saturated rings. The number of hydrogen-bond acceptors (Lipinski definition) is 5. The van der Waals surface area contributed by atoms with Crippen molar-refractivity contribution in [3.05, 3.63) is 35.6 Å². The van der Waals surface area contributed by atoms with Crippen LogP contribution in [0.15, 0.2) is 24.3 Å². The fourth-order valence-corrected chi connectivity index (χ4v) is 1.73. The second kappa shape index (κ2) is 11.6. The molecule has 0 bridgehead atoms. The Kier molecular flexibility index (Phi) is 9.94. The first-order valence-electron chi connectivity index (χ1n) is 7.00. The Balaban J connectivity index is 2.12. The molecule has 0 spiro atoms. The van der Waals surface area contributed by atoms with Crippen molar-refractivity contribution in [3.8, 4) is 0 Å². The van der Waals surface area contributed by atoms with Crippen LogP contribution in [0.4, 0.5) is 4.39 Å². The highest BCUT2D eigenvalue weighted by Gasteiger charge is 2.13. The van der Waals surface area contributed by atoms with E-state index in [2.05, 4.69) is 0 Å². The van der Waals surface area contributed by atoms with Crippen LogP contribution in [0.1, 0.15) is 11.7 Å². The molecule has 1 aromatic carbocycles. The molecule has 0 amide bonds. The summed E-state index contributed by atoms with van der Waals surface area (Å²) in [5.74, 6) is -0.305. The molecular weight excluding hydrogens is 277 g/mol. The zero-order valence-corrected chi connectivity index (χ0v) is 12.4. The fourth-order valence-electron chi connectivity index (χ4n) is 1.73. The number of rotatable bonds is 12. The molecule has 0 aliphatic heterocycles. The van der Waals surface area contributed by atoms with E-state index in [1.807, 2.05) is 0 Å². The Morgan fingerprint density at radius 1 is 1.00 bits per heavy atom. The van der Waals surface area contributed by atoms with Crippen molar-refractivity contribution in [3.63, 3.8) is 0 Å². The van der Waals surface area contributed by atoms with Crippen molar-refractivity contribution in [2.75, 3.05) is 53.3 Å². The third-order valence-corrected chi connectivity index (χ3v) is 2.82. The number of methoxy groups -OCH3 is 1. The lowest BCUT2D eigenvalue weighted by Gasteiger charge is -2.17. The molecule has 0 radical (unpaired) electrons. The largest absolute Gasteiger partial charge is 0.382 e. The first-order chi connectivity index (χ1) is 10.3. The highest BCUT2D eigenvalue weighted by Crippen LogP contribution is 2.19. The maximum Gasteiger partial charge on any atom is 0.129 e. The quantitative estimate of drug-likeness (QED) is 0.593. The van der Waals surface area contributed by atoms with Gasteiger partial charge in [-0.15, -0.1) is 0 Å². The molecule has 2 N–H and O–H groups in total. The molecule has 1 atom stereocenters. The van der Waals surface area contributed by atoms with Gasteiger partial charge >= 0.3 is 0 Å². The molecule has 0 saturated carbocycles. The van der Waals surface area contributed by atoms with Crippen LogP contribution in [0.3, 0.4) is 0 Å². The molecule has 120 valence electrons. The standard InChI is InChI=1S/C15H24FNO4/c1-18-6-7-19-8-9-20-10-11-21-15(12-17)13-4-2-3-5-14(13)16/h2-5,15H,6-12,17H2,1H3. The van der Waals surface area contributed by atoms with Gasteiger partial charge in [0, 0.05) is 19.2 Å². The number of nitrogens with two attached hydrogens (primary N) is 1. The van der Waals surface area contributed by atoms with Gasteiger partial charge in [-0.25, -0.2) is 4.39 Å². The van der Waals surface area contributed by atoms with Crippen molar-refractivity contribution >= 4 is 0 Å². The Morgan fingerprint density at radius 3 is 2.24 bits per heavy atom. The SMILES string of the molecule is COCCOCCOCCOC(CN)c1ccccc1F. The summed E-state index contributed by atoms with van der Waals surface area (Å²) in [6, 6.07) is 6.48. The van der Waals surface area contributed by atoms with E-state index < -0.39 is 6.10 Å². The molecule has 0 saturated heterocycles. The minimum atomic E-state index is -0.451. The number of benzene rings is 1. The summed E-state index contributed by atoms with van der Waals surface area (Å²) in [5, 5.41) is 0. The summed E-state index contributed by atoms with van der Waals surface area (Å²) < 4.78 is 34.6. The molecule has 21 heavy (non-hydrogen) atoms. The van der Waals surface area contributed by atoms with E-state index in [4.69, 9.17) is 24.7 Å². The third kappa shape index (κ3) is 7.50. The van der Waals surface area contributed by atoms with Gasteiger partial charge in [-0.1, -0.05) is 18.2 Å². The summed E-state index contributed by atoms with van der Waals surface area (Å²) in [6.07, 6.45) is -0.451. The number of halogens is 1. The van der Waals surface area contributed by atoms with Crippen LogP contribution < -0.4 is 5.73 Å².